The van der Waals surface area contributed by atoms with Crippen LogP contribution in [0.4, 0.5) is 8.78 Å². The molecule has 1 N–H and O–H groups in total. The Hall–Kier alpha value is -1.31. The summed E-state index contributed by atoms with van der Waals surface area (Å²) in [6, 6.07) is 6.11. The third kappa shape index (κ3) is 1.61. The smallest absolute Gasteiger partial charge is 0.264 e. The number of benzene rings is 1. The molecule has 1 aromatic rings. The van der Waals surface area contributed by atoms with E-state index in [2.05, 4.69) is 0 Å². The molecule has 4 atom stereocenters. The van der Waals surface area contributed by atoms with E-state index in [4.69, 9.17) is 4.74 Å². The summed E-state index contributed by atoms with van der Waals surface area (Å²) >= 11 is 0. The van der Waals surface area contributed by atoms with Gasteiger partial charge in [-0.05, 0) is 19.1 Å². The zero-order valence-electron chi connectivity index (χ0n) is 14.2. The molecule has 2 fully saturated rings. The van der Waals surface area contributed by atoms with Gasteiger partial charge < -0.3 is 9.84 Å². The highest BCUT2D eigenvalue weighted by atomic mass is 32.2. The van der Waals surface area contributed by atoms with E-state index in [-0.39, 0.29) is 4.90 Å². The molecular weight excluding hydrogens is 350 g/mol. The summed E-state index contributed by atoms with van der Waals surface area (Å²) in [5.74, 6) is -3.21. The maximum atomic E-state index is 14.9. The summed E-state index contributed by atoms with van der Waals surface area (Å²) < 4.78 is 62.3. The van der Waals surface area contributed by atoms with Gasteiger partial charge in [-0.2, -0.15) is 0 Å². The summed E-state index contributed by atoms with van der Waals surface area (Å²) in [6.07, 6.45) is 1.87. The molecule has 1 aromatic carbocycles. The second-order valence-corrected chi connectivity index (χ2v) is 9.85. The van der Waals surface area contributed by atoms with Crippen LogP contribution in [0.1, 0.15) is 19.4 Å². The maximum absolute atomic E-state index is 14.9. The van der Waals surface area contributed by atoms with Crippen molar-refractivity contribution in [2.24, 2.45) is 10.8 Å². The van der Waals surface area contributed by atoms with Crippen LogP contribution in [0.3, 0.4) is 0 Å². The fourth-order valence-electron chi connectivity index (χ4n) is 4.90. The Balaban J connectivity index is 1.95. The number of aryl methyl sites for hydroxylation is 1. The molecule has 4 rings (SSSR count). The molecule has 1 saturated heterocycles. The zero-order valence-corrected chi connectivity index (χ0v) is 15.0. The molecule has 2 aliphatic heterocycles. The number of aliphatic hydroxyl groups is 1. The number of fused-ring (bicyclic) bond motifs is 3. The number of hydrogen-bond acceptors (Lipinski definition) is 4. The minimum Gasteiger partial charge on any atom is -0.393 e. The third-order valence-corrected chi connectivity index (χ3v) is 8.71. The van der Waals surface area contributed by atoms with Gasteiger partial charge >= 0.3 is 0 Å². The average molecular weight is 370 g/mol. The van der Waals surface area contributed by atoms with Crippen LogP contribution in [0.5, 0.6) is 0 Å². The van der Waals surface area contributed by atoms with Crippen LogP contribution in [0.15, 0.2) is 41.3 Å². The van der Waals surface area contributed by atoms with E-state index in [0.717, 1.165) is 5.56 Å². The Morgan fingerprint density at radius 2 is 1.76 bits per heavy atom. The highest BCUT2D eigenvalue weighted by Gasteiger charge is 2.97. The fourth-order valence-corrected chi connectivity index (χ4v) is 7.48. The van der Waals surface area contributed by atoms with Gasteiger partial charge in [0.15, 0.2) is 9.84 Å². The van der Waals surface area contributed by atoms with Crippen LogP contribution >= 0.6 is 0 Å². The second kappa shape index (κ2) is 4.50. The van der Waals surface area contributed by atoms with Crippen LogP contribution < -0.4 is 0 Å². The van der Waals surface area contributed by atoms with Gasteiger partial charge in [0, 0.05) is 5.41 Å². The standard InChI is InChI=1S/C18H20F2O4S/c1-11-4-6-12(7-5-11)25(22,23)14-16(10-21)9-8-13(24-16)17(14)15(2,3)18(17,19)20/h4-9,13-14,21H,10H2,1-3H3/t13-,14-,16-,17-/m1/s1. The lowest BCUT2D eigenvalue weighted by Gasteiger charge is -2.33. The first-order valence-corrected chi connectivity index (χ1v) is 9.70. The number of aliphatic hydroxyl groups excluding tert-OH is 1. The molecule has 0 unspecified atom stereocenters. The molecule has 2 heterocycles. The predicted octanol–water partition coefficient (Wildman–Crippen LogP) is 2.50. The lowest BCUT2D eigenvalue weighted by atomic mass is 9.78. The number of rotatable bonds is 3. The topological polar surface area (TPSA) is 63.6 Å². The molecule has 25 heavy (non-hydrogen) atoms. The SMILES string of the molecule is Cc1ccc(S(=O)(=O)[C@H]2[C@]3([C@H]4C=C[C@]2(CO)O4)C(C)(C)C3(F)F)cc1. The highest BCUT2D eigenvalue weighted by molar-refractivity contribution is 7.92. The van der Waals surface area contributed by atoms with Crippen molar-refractivity contribution in [3.05, 3.63) is 42.0 Å². The molecule has 0 radical (unpaired) electrons. The molecule has 0 aromatic heterocycles. The molecule has 2 bridgehead atoms. The van der Waals surface area contributed by atoms with E-state index >= 15 is 0 Å². The lowest BCUT2D eigenvalue weighted by Crippen LogP contribution is -2.51. The normalized spacial score (nSPS) is 39.9. The molecule has 4 nitrogen and oxygen atoms in total. The molecule has 1 aliphatic carbocycles. The second-order valence-electron chi connectivity index (χ2n) is 7.82. The van der Waals surface area contributed by atoms with Crippen LogP contribution in [0, 0.1) is 17.8 Å². The van der Waals surface area contributed by atoms with Gasteiger partial charge in [0.25, 0.3) is 5.92 Å². The molecule has 1 spiro atoms. The minimum atomic E-state index is -4.16. The third-order valence-electron chi connectivity index (χ3n) is 6.39. The quantitative estimate of drug-likeness (QED) is 0.831. The first kappa shape index (κ1) is 17.1. The summed E-state index contributed by atoms with van der Waals surface area (Å²) in [5.41, 5.74) is -4.19. The Kier molecular flexibility index (Phi) is 3.08. The Labute approximate surface area is 145 Å². The molecule has 136 valence electrons. The molecule has 3 aliphatic rings. The largest absolute Gasteiger partial charge is 0.393 e. The maximum Gasteiger partial charge on any atom is 0.264 e. The van der Waals surface area contributed by atoms with Gasteiger partial charge in [0.2, 0.25) is 0 Å². The lowest BCUT2D eigenvalue weighted by molar-refractivity contribution is -0.0174. The number of halogens is 2. The van der Waals surface area contributed by atoms with E-state index in [1.165, 1.54) is 38.1 Å². The van der Waals surface area contributed by atoms with E-state index < -0.39 is 50.2 Å². The summed E-state index contributed by atoms with van der Waals surface area (Å²) in [5, 5.41) is 8.34. The number of sulfone groups is 1. The van der Waals surface area contributed by atoms with Gasteiger partial charge in [-0.1, -0.05) is 43.7 Å². The van der Waals surface area contributed by atoms with Crippen molar-refractivity contribution in [1.82, 2.24) is 0 Å². The van der Waals surface area contributed by atoms with Crippen molar-refractivity contribution >= 4 is 9.84 Å². The van der Waals surface area contributed by atoms with Crippen molar-refractivity contribution in [3.63, 3.8) is 0 Å². The molecule has 1 saturated carbocycles. The Morgan fingerprint density at radius 3 is 2.24 bits per heavy atom. The van der Waals surface area contributed by atoms with Crippen LogP contribution in [0.2, 0.25) is 0 Å². The van der Waals surface area contributed by atoms with E-state index in [1.54, 1.807) is 12.1 Å². The van der Waals surface area contributed by atoms with Gasteiger partial charge in [-0.15, -0.1) is 0 Å². The average Bonchev–Trinajstić information content (AvgIpc) is 2.97. The van der Waals surface area contributed by atoms with Gasteiger partial charge in [0.05, 0.1) is 23.0 Å². The van der Waals surface area contributed by atoms with Crippen LogP contribution in [0.25, 0.3) is 0 Å². The zero-order chi connectivity index (χ0) is 18.5. The first-order chi connectivity index (χ1) is 11.5. The fraction of sp³-hybridized carbons (Fsp3) is 0.556. The van der Waals surface area contributed by atoms with E-state index in [9.17, 15) is 22.3 Å². The summed E-state index contributed by atoms with van der Waals surface area (Å²) in [6.45, 7) is 3.89. The molecular formula is C18H20F2O4S. The van der Waals surface area contributed by atoms with Crippen molar-refractivity contribution in [1.29, 1.82) is 0 Å². The minimum absolute atomic E-state index is 0.0293. The van der Waals surface area contributed by atoms with Gasteiger partial charge in [-0.3, -0.25) is 0 Å². The van der Waals surface area contributed by atoms with Crippen molar-refractivity contribution in [3.8, 4) is 0 Å². The van der Waals surface area contributed by atoms with E-state index in [0.29, 0.717) is 0 Å². The van der Waals surface area contributed by atoms with E-state index in [1.807, 2.05) is 6.92 Å². The van der Waals surface area contributed by atoms with Crippen molar-refractivity contribution in [2.45, 2.75) is 48.5 Å². The first-order valence-electron chi connectivity index (χ1n) is 8.15. The van der Waals surface area contributed by atoms with Gasteiger partial charge in [-0.25, -0.2) is 17.2 Å². The van der Waals surface area contributed by atoms with Gasteiger partial charge in [0.1, 0.15) is 10.9 Å². The van der Waals surface area contributed by atoms with Crippen LogP contribution in [-0.4, -0.2) is 43.0 Å². The Bertz CT molecular complexity index is 859. The molecule has 7 heteroatoms. The van der Waals surface area contributed by atoms with Crippen molar-refractivity contribution < 1.29 is 27.0 Å². The summed E-state index contributed by atoms with van der Waals surface area (Å²) in [7, 11) is -4.16. The number of ether oxygens (including phenoxy) is 1. The van der Waals surface area contributed by atoms with Crippen molar-refractivity contribution in [2.75, 3.05) is 6.61 Å². The Morgan fingerprint density at radius 1 is 1.20 bits per heavy atom. The predicted molar refractivity (Wildman–Crippen MR) is 87.1 cm³/mol. The highest BCUT2D eigenvalue weighted by Crippen LogP contribution is 2.84. The summed E-state index contributed by atoms with van der Waals surface area (Å²) in [4.78, 5) is -0.0293. The number of hydrogen-bond donors (Lipinski definition) is 1. The molecule has 0 amide bonds. The van der Waals surface area contributed by atoms with Crippen LogP contribution in [-0.2, 0) is 14.6 Å². The number of alkyl halides is 2. The monoisotopic (exact) mass is 370 g/mol.